The van der Waals surface area contributed by atoms with Crippen molar-refractivity contribution in [3.05, 3.63) is 99.1 Å². The van der Waals surface area contributed by atoms with Crippen molar-refractivity contribution in [2.75, 3.05) is 12.0 Å². The molecule has 1 aliphatic heterocycles. The van der Waals surface area contributed by atoms with Gasteiger partial charge in [-0.25, -0.2) is 0 Å². The molecule has 33 heavy (non-hydrogen) atoms. The first-order chi connectivity index (χ1) is 15.7. The highest BCUT2D eigenvalue weighted by Crippen LogP contribution is 2.44. The summed E-state index contributed by atoms with van der Waals surface area (Å²) in [6.07, 6.45) is 0. The summed E-state index contributed by atoms with van der Waals surface area (Å²) >= 11 is 6.05. The molecule has 1 amide bonds. The number of methoxy groups -OCH3 is 1. The van der Waals surface area contributed by atoms with Crippen molar-refractivity contribution in [3.8, 4) is 5.75 Å². The number of anilines is 1. The summed E-state index contributed by atoms with van der Waals surface area (Å²) in [7, 11) is 1.51. The number of Topliss-reactive ketones (excluding diaryl/α,β-unsaturated/α-hetero) is 1. The number of rotatable bonds is 4. The number of aliphatic hydroxyl groups is 1. The third kappa shape index (κ3) is 4.00. The van der Waals surface area contributed by atoms with Crippen molar-refractivity contribution < 1.29 is 19.4 Å². The summed E-state index contributed by atoms with van der Waals surface area (Å²) in [5, 5.41) is 12.0. The third-order valence-electron chi connectivity index (χ3n) is 5.79. The van der Waals surface area contributed by atoms with Gasteiger partial charge in [0.1, 0.15) is 11.5 Å². The first-order valence-corrected chi connectivity index (χ1v) is 10.9. The maximum absolute atomic E-state index is 13.3. The van der Waals surface area contributed by atoms with Gasteiger partial charge in [0, 0.05) is 10.7 Å². The van der Waals surface area contributed by atoms with Crippen molar-refractivity contribution >= 4 is 34.7 Å². The summed E-state index contributed by atoms with van der Waals surface area (Å²) in [5.74, 6) is -1.28. The van der Waals surface area contributed by atoms with E-state index < -0.39 is 17.7 Å². The molecule has 0 aromatic heterocycles. The molecule has 1 aliphatic rings. The molecule has 0 aliphatic carbocycles. The first-order valence-electron chi connectivity index (χ1n) is 10.5. The molecule has 3 aromatic carbocycles. The van der Waals surface area contributed by atoms with Gasteiger partial charge in [0.25, 0.3) is 11.7 Å². The number of hydrogen-bond donors (Lipinski definition) is 1. The number of aliphatic hydroxyl groups excluding tert-OH is 1. The van der Waals surface area contributed by atoms with E-state index in [0.29, 0.717) is 27.6 Å². The van der Waals surface area contributed by atoms with Gasteiger partial charge in [-0.3, -0.25) is 14.5 Å². The summed E-state index contributed by atoms with van der Waals surface area (Å²) in [6, 6.07) is 17.1. The summed E-state index contributed by atoms with van der Waals surface area (Å²) in [4.78, 5) is 28.0. The predicted octanol–water partition coefficient (Wildman–Crippen LogP) is 5.90. The van der Waals surface area contributed by atoms with E-state index in [2.05, 4.69) is 0 Å². The Morgan fingerprint density at radius 2 is 1.67 bits per heavy atom. The van der Waals surface area contributed by atoms with Crippen LogP contribution in [-0.2, 0) is 9.59 Å². The van der Waals surface area contributed by atoms with Crippen LogP contribution >= 0.6 is 11.6 Å². The Labute approximate surface area is 197 Å². The second-order valence-corrected chi connectivity index (χ2v) is 8.66. The third-order valence-corrected chi connectivity index (χ3v) is 6.04. The Balaban J connectivity index is 2.01. The molecule has 0 spiro atoms. The van der Waals surface area contributed by atoms with Crippen molar-refractivity contribution in [1.29, 1.82) is 0 Å². The van der Waals surface area contributed by atoms with E-state index >= 15 is 0 Å². The normalized spacial score (nSPS) is 17.5. The Bertz CT molecular complexity index is 1290. The second kappa shape index (κ2) is 8.75. The summed E-state index contributed by atoms with van der Waals surface area (Å²) in [6.45, 7) is 5.70. The number of amides is 1. The molecule has 5 nitrogen and oxygen atoms in total. The number of nitrogens with zero attached hydrogens (tertiary/aromatic N) is 1. The zero-order chi connectivity index (χ0) is 23.9. The highest BCUT2D eigenvalue weighted by Gasteiger charge is 2.47. The smallest absolute Gasteiger partial charge is 0.300 e. The standard InChI is InChI=1S/C27H24ClNO4/c1-15-6-5-7-18(13-15)23-22(24(30)21-14-16(2)12-17(3)26(21)33-4)25(31)27(32)29(23)20-10-8-19(28)9-11-20/h5-14,23,30H,1-4H3/b24-22+. The molecular weight excluding hydrogens is 438 g/mol. The van der Waals surface area contributed by atoms with Gasteiger partial charge in [-0.05, 0) is 67.8 Å². The van der Waals surface area contributed by atoms with Crippen molar-refractivity contribution in [2.45, 2.75) is 26.8 Å². The Morgan fingerprint density at radius 1 is 0.970 bits per heavy atom. The average Bonchev–Trinajstić information content (AvgIpc) is 3.04. The highest BCUT2D eigenvalue weighted by molar-refractivity contribution is 6.51. The molecule has 0 saturated carbocycles. The molecule has 1 atom stereocenters. The van der Waals surface area contributed by atoms with Crippen LogP contribution in [-0.4, -0.2) is 23.9 Å². The largest absolute Gasteiger partial charge is 0.507 e. The van der Waals surface area contributed by atoms with Gasteiger partial charge >= 0.3 is 0 Å². The number of carbonyl (C=O) groups is 2. The molecule has 0 bridgehead atoms. The lowest BCUT2D eigenvalue weighted by Crippen LogP contribution is -2.29. The van der Waals surface area contributed by atoms with Crippen molar-refractivity contribution in [2.24, 2.45) is 0 Å². The molecule has 0 radical (unpaired) electrons. The molecule has 1 heterocycles. The van der Waals surface area contributed by atoms with Gasteiger partial charge in [0.05, 0.1) is 24.3 Å². The van der Waals surface area contributed by atoms with Gasteiger partial charge in [0.15, 0.2) is 0 Å². The second-order valence-electron chi connectivity index (χ2n) is 8.22. The molecule has 4 rings (SSSR count). The number of ketones is 1. The minimum absolute atomic E-state index is 0.0175. The van der Waals surface area contributed by atoms with E-state index in [1.165, 1.54) is 12.0 Å². The zero-order valence-corrected chi connectivity index (χ0v) is 19.6. The fourth-order valence-corrected chi connectivity index (χ4v) is 4.53. The highest BCUT2D eigenvalue weighted by atomic mass is 35.5. The monoisotopic (exact) mass is 461 g/mol. The van der Waals surface area contributed by atoms with E-state index in [0.717, 1.165) is 16.7 Å². The number of benzene rings is 3. The van der Waals surface area contributed by atoms with E-state index in [9.17, 15) is 14.7 Å². The van der Waals surface area contributed by atoms with Gasteiger partial charge in [-0.15, -0.1) is 0 Å². The number of hydrogen-bond acceptors (Lipinski definition) is 4. The Kier molecular flexibility index (Phi) is 6.00. The molecule has 1 unspecified atom stereocenters. The van der Waals surface area contributed by atoms with E-state index in [-0.39, 0.29) is 11.3 Å². The minimum atomic E-state index is -0.809. The van der Waals surface area contributed by atoms with E-state index in [4.69, 9.17) is 16.3 Å². The molecule has 3 aromatic rings. The molecule has 6 heteroatoms. The van der Waals surface area contributed by atoms with E-state index in [1.54, 1.807) is 30.3 Å². The van der Waals surface area contributed by atoms with Crippen LogP contribution in [0, 0.1) is 20.8 Å². The number of ether oxygens (including phenoxy) is 1. The van der Waals surface area contributed by atoms with Crippen LogP contribution in [0.25, 0.3) is 5.76 Å². The summed E-state index contributed by atoms with van der Waals surface area (Å²) in [5.41, 5.74) is 4.31. The van der Waals surface area contributed by atoms with Gasteiger partial charge in [-0.1, -0.05) is 47.5 Å². The molecular formula is C27H24ClNO4. The van der Waals surface area contributed by atoms with E-state index in [1.807, 2.05) is 51.1 Å². The first kappa shape index (κ1) is 22.6. The zero-order valence-electron chi connectivity index (χ0n) is 18.8. The van der Waals surface area contributed by atoms with Crippen LogP contribution in [0.5, 0.6) is 5.75 Å². The molecule has 1 saturated heterocycles. The van der Waals surface area contributed by atoms with Crippen LogP contribution in [0.15, 0.2) is 66.2 Å². The van der Waals surface area contributed by atoms with Crippen LogP contribution in [0.3, 0.4) is 0 Å². The average molecular weight is 462 g/mol. The van der Waals surface area contributed by atoms with Gasteiger partial charge in [-0.2, -0.15) is 0 Å². The van der Waals surface area contributed by atoms with Crippen molar-refractivity contribution in [3.63, 3.8) is 0 Å². The lowest BCUT2D eigenvalue weighted by atomic mass is 9.93. The number of halogens is 1. The van der Waals surface area contributed by atoms with Gasteiger partial charge < -0.3 is 9.84 Å². The maximum Gasteiger partial charge on any atom is 0.300 e. The number of aryl methyl sites for hydroxylation is 3. The van der Waals surface area contributed by atoms with Gasteiger partial charge in [0.2, 0.25) is 0 Å². The molecule has 1 N–H and O–H groups in total. The summed E-state index contributed by atoms with van der Waals surface area (Å²) < 4.78 is 5.54. The Hall–Kier alpha value is -3.57. The van der Waals surface area contributed by atoms with Crippen LogP contribution < -0.4 is 9.64 Å². The topological polar surface area (TPSA) is 66.8 Å². The Morgan fingerprint density at radius 3 is 2.30 bits per heavy atom. The quantitative estimate of drug-likeness (QED) is 0.298. The van der Waals surface area contributed by atoms with Crippen LogP contribution in [0.4, 0.5) is 5.69 Å². The fourth-order valence-electron chi connectivity index (χ4n) is 4.40. The molecule has 168 valence electrons. The minimum Gasteiger partial charge on any atom is -0.507 e. The van der Waals surface area contributed by atoms with Crippen molar-refractivity contribution in [1.82, 2.24) is 0 Å². The number of carbonyl (C=O) groups excluding carboxylic acids is 2. The predicted molar refractivity (Wildman–Crippen MR) is 130 cm³/mol. The van der Waals surface area contributed by atoms with Crippen LogP contribution in [0.1, 0.15) is 33.9 Å². The SMILES string of the molecule is COc1c(C)cc(C)cc1/C(O)=C1\C(=O)C(=O)N(c2ccc(Cl)cc2)C1c1cccc(C)c1. The fraction of sp³-hybridized carbons (Fsp3) is 0.185. The lowest BCUT2D eigenvalue weighted by Gasteiger charge is -2.26. The lowest BCUT2D eigenvalue weighted by molar-refractivity contribution is -0.132. The van der Waals surface area contributed by atoms with Crippen LogP contribution in [0.2, 0.25) is 5.02 Å². The maximum atomic E-state index is 13.3. The molecule has 1 fully saturated rings.